The Morgan fingerprint density at radius 3 is 2.44 bits per heavy atom. The highest BCUT2D eigenvalue weighted by atomic mass is 35.5. The minimum absolute atomic E-state index is 0.0276. The van der Waals surface area contributed by atoms with Crippen molar-refractivity contribution in [3.63, 3.8) is 0 Å². The maximum atomic E-state index is 13.7. The molecule has 0 radical (unpaired) electrons. The number of carbonyl (C=O) groups is 2. The maximum Gasteiger partial charge on any atom is 0.415 e. The summed E-state index contributed by atoms with van der Waals surface area (Å²) in [7, 11) is 4.43. The number of anilines is 2. The van der Waals surface area contributed by atoms with Gasteiger partial charge in [0, 0.05) is 18.2 Å². The molecule has 9 nitrogen and oxygen atoms in total. The summed E-state index contributed by atoms with van der Waals surface area (Å²) in [6, 6.07) is 9.53. The maximum absolute atomic E-state index is 13.7. The van der Waals surface area contributed by atoms with Crippen molar-refractivity contribution in [3.05, 3.63) is 56.9 Å². The highest BCUT2D eigenvalue weighted by molar-refractivity contribution is 7.16. The zero-order chi connectivity index (χ0) is 24.8. The lowest BCUT2D eigenvalue weighted by atomic mass is 10.1. The molecule has 0 unspecified atom stereocenters. The van der Waals surface area contributed by atoms with Crippen LogP contribution >= 0.6 is 34.5 Å². The summed E-state index contributed by atoms with van der Waals surface area (Å²) < 4.78 is 20.8. The van der Waals surface area contributed by atoms with Crippen molar-refractivity contribution in [1.82, 2.24) is 10.3 Å². The predicted octanol–water partition coefficient (Wildman–Crippen LogP) is 5.45. The van der Waals surface area contributed by atoms with Crippen molar-refractivity contribution >= 4 is 57.4 Å². The van der Waals surface area contributed by atoms with E-state index in [0.29, 0.717) is 27.1 Å². The Kier molecular flexibility index (Phi) is 8.56. The molecule has 0 aliphatic rings. The predicted molar refractivity (Wildman–Crippen MR) is 130 cm³/mol. The van der Waals surface area contributed by atoms with Crippen LogP contribution in [-0.2, 0) is 4.74 Å². The number of rotatable bonds is 8. The number of methoxy groups -OCH3 is 3. The minimum atomic E-state index is -0.744. The van der Waals surface area contributed by atoms with Gasteiger partial charge in [-0.1, -0.05) is 34.5 Å². The van der Waals surface area contributed by atoms with Crippen molar-refractivity contribution in [2.45, 2.75) is 6.92 Å². The smallest absolute Gasteiger partial charge is 0.415 e. The fraction of sp³-hybridized carbons (Fsp3) is 0.227. The number of aromatic nitrogens is 1. The van der Waals surface area contributed by atoms with E-state index in [1.165, 1.54) is 38.4 Å². The lowest BCUT2D eigenvalue weighted by Crippen LogP contribution is -2.29. The molecule has 1 N–H and O–H groups in total. The van der Waals surface area contributed by atoms with Crippen molar-refractivity contribution in [3.8, 4) is 17.4 Å². The van der Waals surface area contributed by atoms with Crippen LogP contribution in [0.3, 0.4) is 0 Å². The summed E-state index contributed by atoms with van der Waals surface area (Å²) in [5.74, 6) is 0.466. The zero-order valence-corrected chi connectivity index (χ0v) is 21.0. The van der Waals surface area contributed by atoms with Crippen LogP contribution in [0.2, 0.25) is 10.0 Å². The molecule has 0 spiro atoms. The van der Waals surface area contributed by atoms with E-state index in [2.05, 4.69) is 10.3 Å². The standard InChI is InChI=1S/C22H21Cl2N3O6S/c1-12-19(33-22(29)25-11-30-2)26-21(34-12)27(14-6-8-17(31-3)18(10-14)32-4)20(28)15-7-5-13(23)9-16(15)24/h5-10H,11H2,1-4H3,(H,25,29). The van der Waals surface area contributed by atoms with Gasteiger partial charge >= 0.3 is 6.09 Å². The Labute approximate surface area is 210 Å². The molecule has 0 aliphatic heterocycles. The van der Waals surface area contributed by atoms with Gasteiger partial charge in [0.2, 0.25) is 11.0 Å². The monoisotopic (exact) mass is 525 g/mol. The molecule has 0 bridgehead atoms. The summed E-state index contributed by atoms with van der Waals surface area (Å²) in [5.41, 5.74) is 0.631. The number of amides is 2. The molecule has 0 fully saturated rings. The first-order chi connectivity index (χ1) is 16.3. The number of thiazole rings is 1. The normalized spacial score (nSPS) is 10.5. The molecule has 3 aromatic rings. The Hall–Kier alpha value is -3.05. The zero-order valence-electron chi connectivity index (χ0n) is 18.7. The summed E-state index contributed by atoms with van der Waals surface area (Å²) in [5, 5.41) is 3.22. The van der Waals surface area contributed by atoms with Gasteiger partial charge in [-0.2, -0.15) is 4.98 Å². The molecule has 0 atom stereocenters. The Bertz CT molecular complexity index is 1200. The second-order valence-electron chi connectivity index (χ2n) is 6.66. The number of halogens is 2. The van der Waals surface area contributed by atoms with Gasteiger partial charge in [-0.05, 0) is 37.3 Å². The molecule has 2 amide bonds. The van der Waals surface area contributed by atoms with Gasteiger partial charge in [0.05, 0.1) is 35.4 Å². The average Bonchev–Trinajstić information content (AvgIpc) is 3.16. The molecule has 0 saturated carbocycles. The second kappa shape index (κ2) is 11.4. The first kappa shape index (κ1) is 25.6. The van der Waals surface area contributed by atoms with E-state index in [1.54, 1.807) is 31.2 Å². The van der Waals surface area contributed by atoms with Gasteiger partial charge in [0.25, 0.3) is 5.91 Å². The van der Waals surface area contributed by atoms with E-state index in [9.17, 15) is 9.59 Å². The average molecular weight is 526 g/mol. The van der Waals surface area contributed by atoms with Crippen LogP contribution in [0.15, 0.2) is 36.4 Å². The number of aryl methyl sites for hydroxylation is 1. The van der Waals surface area contributed by atoms with E-state index < -0.39 is 12.0 Å². The third-order valence-corrected chi connectivity index (χ3v) is 5.96. The number of carbonyl (C=O) groups excluding carboxylic acids is 2. The fourth-order valence-electron chi connectivity index (χ4n) is 2.88. The first-order valence-electron chi connectivity index (χ1n) is 9.72. The molecular formula is C22H21Cl2N3O6S. The van der Waals surface area contributed by atoms with E-state index >= 15 is 0 Å². The van der Waals surface area contributed by atoms with Gasteiger partial charge in [0.15, 0.2) is 11.5 Å². The third-order valence-electron chi connectivity index (χ3n) is 4.47. The van der Waals surface area contributed by atoms with Gasteiger partial charge < -0.3 is 18.9 Å². The molecule has 1 heterocycles. The summed E-state index contributed by atoms with van der Waals surface area (Å²) in [6.07, 6.45) is -0.744. The number of ether oxygens (including phenoxy) is 4. The van der Waals surface area contributed by atoms with Crippen molar-refractivity contribution in [1.29, 1.82) is 0 Å². The SMILES string of the molecule is COCNC(=O)Oc1nc(N(C(=O)c2ccc(Cl)cc2Cl)c2ccc(OC)c(OC)c2)sc1C. The van der Waals surface area contributed by atoms with Crippen LogP contribution in [0.4, 0.5) is 15.6 Å². The molecular weight excluding hydrogens is 505 g/mol. The lowest BCUT2D eigenvalue weighted by molar-refractivity contribution is 0.0999. The lowest BCUT2D eigenvalue weighted by Gasteiger charge is -2.22. The molecule has 0 saturated heterocycles. The van der Waals surface area contributed by atoms with E-state index in [-0.39, 0.29) is 28.3 Å². The molecule has 3 rings (SSSR count). The first-order valence-corrected chi connectivity index (χ1v) is 11.3. The molecule has 12 heteroatoms. The van der Waals surface area contributed by atoms with E-state index in [1.807, 2.05) is 0 Å². The van der Waals surface area contributed by atoms with Crippen molar-refractivity contribution in [2.24, 2.45) is 0 Å². The summed E-state index contributed by atoms with van der Waals surface area (Å²) in [6.45, 7) is 1.69. The summed E-state index contributed by atoms with van der Waals surface area (Å²) >= 11 is 13.5. The molecule has 34 heavy (non-hydrogen) atoms. The topological polar surface area (TPSA) is 99.2 Å². The number of nitrogens with zero attached hydrogens (tertiary/aromatic N) is 2. The number of benzene rings is 2. The van der Waals surface area contributed by atoms with Crippen LogP contribution in [0, 0.1) is 6.92 Å². The molecule has 180 valence electrons. The van der Waals surface area contributed by atoms with Gasteiger partial charge in [-0.3, -0.25) is 15.0 Å². The van der Waals surface area contributed by atoms with Crippen LogP contribution in [-0.4, -0.2) is 45.0 Å². The highest BCUT2D eigenvalue weighted by Crippen LogP contribution is 2.40. The second-order valence-corrected chi connectivity index (χ2v) is 8.69. The largest absolute Gasteiger partial charge is 0.493 e. The van der Waals surface area contributed by atoms with Crippen LogP contribution in [0.5, 0.6) is 17.4 Å². The Morgan fingerprint density at radius 2 is 1.79 bits per heavy atom. The Balaban J connectivity index is 2.08. The van der Waals surface area contributed by atoms with Crippen LogP contribution in [0.25, 0.3) is 0 Å². The van der Waals surface area contributed by atoms with Crippen LogP contribution < -0.4 is 24.4 Å². The van der Waals surface area contributed by atoms with Gasteiger partial charge in [-0.15, -0.1) is 0 Å². The van der Waals surface area contributed by atoms with Crippen molar-refractivity contribution in [2.75, 3.05) is 33.0 Å². The third kappa shape index (κ3) is 5.71. The van der Waals surface area contributed by atoms with E-state index in [0.717, 1.165) is 11.3 Å². The summed E-state index contributed by atoms with van der Waals surface area (Å²) in [4.78, 5) is 31.9. The van der Waals surface area contributed by atoms with E-state index in [4.69, 9.17) is 42.1 Å². The van der Waals surface area contributed by atoms with Gasteiger partial charge in [-0.25, -0.2) is 4.79 Å². The fourth-order valence-corrected chi connectivity index (χ4v) is 4.22. The molecule has 2 aromatic carbocycles. The molecule has 0 aliphatic carbocycles. The highest BCUT2D eigenvalue weighted by Gasteiger charge is 2.27. The minimum Gasteiger partial charge on any atom is -0.493 e. The Morgan fingerprint density at radius 1 is 1.06 bits per heavy atom. The number of hydrogen-bond acceptors (Lipinski definition) is 8. The van der Waals surface area contributed by atoms with Crippen LogP contribution in [0.1, 0.15) is 15.2 Å². The number of hydrogen-bond donors (Lipinski definition) is 1. The number of nitrogens with one attached hydrogen (secondary N) is 1. The molecule has 1 aromatic heterocycles. The quantitative estimate of drug-likeness (QED) is 0.390. The van der Waals surface area contributed by atoms with Gasteiger partial charge in [0.1, 0.15) is 6.73 Å². The van der Waals surface area contributed by atoms with Crippen molar-refractivity contribution < 1.29 is 28.5 Å².